The fourth-order valence-corrected chi connectivity index (χ4v) is 2.02. The van der Waals surface area contributed by atoms with Gasteiger partial charge in [-0.05, 0) is 24.3 Å². The van der Waals surface area contributed by atoms with Crippen LogP contribution in [0.5, 0.6) is 23.0 Å². The number of rotatable bonds is 10. The topological polar surface area (TPSA) is 102 Å². The van der Waals surface area contributed by atoms with Gasteiger partial charge in [0.1, 0.15) is 13.2 Å². The summed E-state index contributed by atoms with van der Waals surface area (Å²) >= 11 is 0. The molecule has 0 atom stereocenters. The van der Waals surface area contributed by atoms with E-state index in [1.165, 1.54) is 12.1 Å². The Morgan fingerprint density at radius 2 is 1.16 bits per heavy atom. The number of ether oxygens (including phenoxy) is 3. The monoisotopic (exact) mass is 346 g/mol. The van der Waals surface area contributed by atoms with Crippen LogP contribution in [0.1, 0.15) is 20.7 Å². The second-order valence-electron chi connectivity index (χ2n) is 4.93. The van der Waals surface area contributed by atoms with Crippen LogP contribution in [0.3, 0.4) is 0 Å². The summed E-state index contributed by atoms with van der Waals surface area (Å²) in [4.78, 5) is 21.4. The van der Waals surface area contributed by atoms with E-state index in [2.05, 4.69) is 0 Å². The minimum Gasteiger partial charge on any atom is -0.504 e. The van der Waals surface area contributed by atoms with Crippen molar-refractivity contribution in [1.29, 1.82) is 0 Å². The van der Waals surface area contributed by atoms with Crippen molar-refractivity contribution in [2.45, 2.75) is 0 Å². The van der Waals surface area contributed by atoms with E-state index < -0.39 is 0 Å². The van der Waals surface area contributed by atoms with E-state index in [4.69, 9.17) is 14.2 Å². The number of aromatic hydroxyl groups is 2. The number of carbonyl (C=O) groups is 2. The SMILES string of the molecule is O=Cc1cccc(OCCOCCOc2cccc(C=O)c2O)c1O. The molecule has 25 heavy (non-hydrogen) atoms. The highest BCUT2D eigenvalue weighted by molar-refractivity contribution is 5.81. The Balaban J connectivity index is 1.67. The van der Waals surface area contributed by atoms with Crippen molar-refractivity contribution in [3.8, 4) is 23.0 Å². The van der Waals surface area contributed by atoms with Crippen molar-refractivity contribution in [3.63, 3.8) is 0 Å². The molecule has 2 aromatic carbocycles. The number of phenolic OH excluding ortho intramolecular Hbond substituents is 2. The maximum absolute atomic E-state index is 10.7. The van der Waals surface area contributed by atoms with Gasteiger partial charge in [-0.1, -0.05) is 12.1 Å². The van der Waals surface area contributed by atoms with Crippen molar-refractivity contribution in [1.82, 2.24) is 0 Å². The Morgan fingerprint density at radius 3 is 1.56 bits per heavy atom. The van der Waals surface area contributed by atoms with Crippen molar-refractivity contribution >= 4 is 12.6 Å². The number of carbonyl (C=O) groups excluding carboxylic acids is 2. The Hall–Kier alpha value is -3.06. The van der Waals surface area contributed by atoms with Crippen molar-refractivity contribution in [3.05, 3.63) is 47.5 Å². The maximum Gasteiger partial charge on any atom is 0.168 e. The molecule has 0 bridgehead atoms. The molecule has 2 rings (SSSR count). The number of hydrogen-bond donors (Lipinski definition) is 2. The molecule has 0 spiro atoms. The van der Waals surface area contributed by atoms with E-state index in [9.17, 15) is 19.8 Å². The summed E-state index contributed by atoms with van der Waals surface area (Å²) < 4.78 is 16.0. The lowest BCUT2D eigenvalue weighted by Gasteiger charge is -2.11. The van der Waals surface area contributed by atoms with Crippen LogP contribution < -0.4 is 9.47 Å². The van der Waals surface area contributed by atoms with Gasteiger partial charge in [-0.3, -0.25) is 9.59 Å². The third-order valence-corrected chi connectivity index (χ3v) is 3.28. The average molecular weight is 346 g/mol. The zero-order valence-electron chi connectivity index (χ0n) is 13.4. The summed E-state index contributed by atoms with van der Waals surface area (Å²) in [5, 5.41) is 19.5. The number of phenols is 2. The Morgan fingerprint density at radius 1 is 0.720 bits per heavy atom. The van der Waals surface area contributed by atoms with Crippen LogP contribution in [-0.2, 0) is 4.74 Å². The molecular weight excluding hydrogens is 328 g/mol. The first-order valence-electron chi connectivity index (χ1n) is 7.55. The predicted octanol–water partition coefficient (Wildman–Crippen LogP) is 2.20. The Bertz CT molecular complexity index is 666. The van der Waals surface area contributed by atoms with E-state index in [1.807, 2.05) is 0 Å². The van der Waals surface area contributed by atoms with E-state index in [0.717, 1.165) is 0 Å². The van der Waals surface area contributed by atoms with Gasteiger partial charge in [-0.15, -0.1) is 0 Å². The first-order chi connectivity index (χ1) is 12.2. The molecule has 0 saturated carbocycles. The molecule has 0 amide bonds. The number of para-hydroxylation sites is 2. The summed E-state index contributed by atoms with van der Waals surface area (Å²) in [5.41, 5.74) is 0.313. The molecule has 0 aliphatic carbocycles. The van der Waals surface area contributed by atoms with Gasteiger partial charge in [0, 0.05) is 0 Å². The smallest absolute Gasteiger partial charge is 0.168 e. The summed E-state index contributed by atoms with van der Waals surface area (Å²) in [7, 11) is 0. The summed E-state index contributed by atoms with van der Waals surface area (Å²) in [5.74, 6) is 0.0119. The highest BCUT2D eigenvalue weighted by Gasteiger charge is 2.08. The normalized spacial score (nSPS) is 10.2. The minimum atomic E-state index is -0.202. The van der Waals surface area contributed by atoms with Gasteiger partial charge in [-0.2, -0.15) is 0 Å². The van der Waals surface area contributed by atoms with Crippen LogP contribution >= 0.6 is 0 Å². The van der Waals surface area contributed by atoms with Crippen molar-refractivity contribution < 1.29 is 34.0 Å². The molecule has 0 aromatic heterocycles. The highest BCUT2D eigenvalue weighted by atomic mass is 16.5. The second kappa shape index (κ2) is 9.29. The van der Waals surface area contributed by atoms with Gasteiger partial charge in [0.2, 0.25) is 0 Å². The summed E-state index contributed by atoms with van der Waals surface area (Å²) in [6.07, 6.45) is 1.09. The summed E-state index contributed by atoms with van der Waals surface area (Å²) in [6, 6.07) is 9.28. The lowest BCUT2D eigenvalue weighted by molar-refractivity contribution is 0.0750. The third-order valence-electron chi connectivity index (χ3n) is 3.28. The van der Waals surface area contributed by atoms with Gasteiger partial charge >= 0.3 is 0 Å². The molecule has 0 saturated heterocycles. The van der Waals surface area contributed by atoms with Crippen LogP contribution in [-0.4, -0.2) is 49.2 Å². The molecule has 0 unspecified atom stereocenters. The molecule has 0 heterocycles. The first-order valence-corrected chi connectivity index (χ1v) is 7.55. The molecule has 2 aromatic rings. The number of hydrogen-bond acceptors (Lipinski definition) is 7. The largest absolute Gasteiger partial charge is 0.504 e. The van der Waals surface area contributed by atoms with Gasteiger partial charge in [-0.25, -0.2) is 0 Å². The van der Waals surface area contributed by atoms with Crippen LogP contribution in [0.2, 0.25) is 0 Å². The lowest BCUT2D eigenvalue weighted by atomic mass is 10.2. The molecule has 2 N–H and O–H groups in total. The van der Waals surface area contributed by atoms with Crippen molar-refractivity contribution in [2.24, 2.45) is 0 Å². The standard InChI is InChI=1S/C18H18O7/c19-11-13-3-1-5-15(17(13)21)24-9-7-23-8-10-25-16-6-2-4-14(12-20)18(16)22/h1-6,11-12,21-22H,7-10H2. The maximum atomic E-state index is 10.7. The fraction of sp³-hybridized carbons (Fsp3) is 0.222. The molecule has 0 aliphatic rings. The minimum absolute atomic E-state index is 0.157. The third kappa shape index (κ3) is 4.95. The van der Waals surface area contributed by atoms with Crippen molar-refractivity contribution in [2.75, 3.05) is 26.4 Å². The van der Waals surface area contributed by atoms with Crippen LogP contribution in [0, 0.1) is 0 Å². The average Bonchev–Trinajstić information content (AvgIpc) is 2.63. The molecule has 7 nitrogen and oxygen atoms in total. The molecule has 7 heteroatoms. The molecule has 132 valence electrons. The molecule has 0 radical (unpaired) electrons. The van der Waals surface area contributed by atoms with Gasteiger partial charge in [0.15, 0.2) is 35.6 Å². The lowest BCUT2D eigenvalue weighted by Crippen LogP contribution is -2.12. The van der Waals surface area contributed by atoms with Gasteiger partial charge in [0.25, 0.3) is 0 Å². The molecular formula is C18H18O7. The molecule has 0 fully saturated rings. The van der Waals surface area contributed by atoms with Crippen LogP contribution in [0.25, 0.3) is 0 Å². The van der Waals surface area contributed by atoms with Crippen LogP contribution in [0.15, 0.2) is 36.4 Å². The zero-order valence-corrected chi connectivity index (χ0v) is 13.4. The number of aldehydes is 2. The predicted molar refractivity (Wildman–Crippen MR) is 88.8 cm³/mol. The summed E-state index contributed by atoms with van der Waals surface area (Å²) in [6.45, 7) is 0.854. The quantitative estimate of drug-likeness (QED) is 0.502. The fourth-order valence-electron chi connectivity index (χ4n) is 2.02. The van der Waals surface area contributed by atoms with E-state index in [-0.39, 0.29) is 60.6 Å². The Labute approximate surface area is 144 Å². The second-order valence-corrected chi connectivity index (χ2v) is 4.93. The van der Waals surface area contributed by atoms with Gasteiger partial charge < -0.3 is 24.4 Å². The van der Waals surface area contributed by atoms with Crippen LogP contribution in [0.4, 0.5) is 0 Å². The van der Waals surface area contributed by atoms with E-state index in [1.54, 1.807) is 24.3 Å². The number of benzene rings is 2. The molecule has 0 aliphatic heterocycles. The highest BCUT2D eigenvalue weighted by Crippen LogP contribution is 2.29. The van der Waals surface area contributed by atoms with E-state index >= 15 is 0 Å². The first kappa shape index (κ1) is 18.3. The Kier molecular flexibility index (Phi) is 6.79. The van der Waals surface area contributed by atoms with Gasteiger partial charge in [0.05, 0.1) is 24.3 Å². The zero-order chi connectivity index (χ0) is 18.1. The van der Waals surface area contributed by atoms with E-state index in [0.29, 0.717) is 12.6 Å².